The van der Waals surface area contributed by atoms with E-state index in [-0.39, 0.29) is 5.91 Å². The first-order chi connectivity index (χ1) is 6.04. The third kappa shape index (κ3) is 7.93. The normalized spacial score (nSPS) is 12.5. The molecule has 0 heterocycles. The van der Waals surface area contributed by atoms with E-state index in [4.69, 9.17) is 0 Å². The van der Waals surface area contributed by atoms with Gasteiger partial charge in [0, 0.05) is 36.9 Å². The highest BCUT2D eigenvalue weighted by atomic mass is 32.2. The third-order valence-electron chi connectivity index (χ3n) is 1.56. The highest BCUT2D eigenvalue weighted by molar-refractivity contribution is 7.84. The molecule has 0 aromatic carbocycles. The van der Waals surface area contributed by atoms with Crippen molar-refractivity contribution in [2.75, 3.05) is 39.2 Å². The highest BCUT2D eigenvalue weighted by Gasteiger charge is 2.01. The number of amides is 1. The van der Waals surface area contributed by atoms with Crippen molar-refractivity contribution < 1.29 is 9.00 Å². The molecule has 78 valence electrons. The van der Waals surface area contributed by atoms with Gasteiger partial charge in [0.05, 0.1) is 6.54 Å². The van der Waals surface area contributed by atoms with E-state index in [1.807, 2.05) is 0 Å². The molecular weight excluding hydrogens is 188 g/mol. The first-order valence-electron chi connectivity index (χ1n) is 4.25. The van der Waals surface area contributed by atoms with Gasteiger partial charge in [-0.2, -0.15) is 0 Å². The Labute approximate surface area is 82.1 Å². The molecule has 1 atom stereocenters. The van der Waals surface area contributed by atoms with Crippen LogP contribution in [0.25, 0.3) is 0 Å². The van der Waals surface area contributed by atoms with Gasteiger partial charge in [-0.3, -0.25) is 9.00 Å². The lowest BCUT2D eigenvalue weighted by Crippen LogP contribution is -2.33. The zero-order chi connectivity index (χ0) is 10.3. The van der Waals surface area contributed by atoms with Gasteiger partial charge in [0.2, 0.25) is 5.91 Å². The zero-order valence-electron chi connectivity index (χ0n) is 8.50. The van der Waals surface area contributed by atoms with Gasteiger partial charge in [0.1, 0.15) is 0 Å². The molecule has 0 fully saturated rings. The molecule has 0 bridgehead atoms. The fourth-order valence-electron chi connectivity index (χ4n) is 0.754. The van der Waals surface area contributed by atoms with Gasteiger partial charge in [0.25, 0.3) is 0 Å². The van der Waals surface area contributed by atoms with Gasteiger partial charge in [-0.05, 0) is 13.0 Å². The second-order valence-corrected chi connectivity index (χ2v) is 4.65. The van der Waals surface area contributed by atoms with Crippen molar-refractivity contribution in [1.29, 1.82) is 0 Å². The number of likely N-dealkylation sites (N-methyl/N-ethyl adjacent to an activating group) is 1. The topological polar surface area (TPSA) is 49.4 Å². The SMILES string of the molecule is CN(C)C(=O)CNCCCS(C)=O. The second kappa shape index (κ2) is 7.03. The fourth-order valence-corrected chi connectivity index (χ4v) is 1.30. The minimum atomic E-state index is -0.724. The summed E-state index contributed by atoms with van der Waals surface area (Å²) in [5.74, 6) is 0.765. The van der Waals surface area contributed by atoms with Crippen LogP contribution in [0.3, 0.4) is 0 Å². The molecule has 4 nitrogen and oxygen atoms in total. The summed E-state index contributed by atoms with van der Waals surface area (Å²) in [5, 5.41) is 3.00. The number of hydrogen-bond acceptors (Lipinski definition) is 3. The van der Waals surface area contributed by atoms with Crippen LogP contribution in [0.2, 0.25) is 0 Å². The first-order valence-corrected chi connectivity index (χ1v) is 5.97. The number of nitrogens with zero attached hydrogens (tertiary/aromatic N) is 1. The minimum Gasteiger partial charge on any atom is -0.348 e. The molecular formula is C8H18N2O2S. The van der Waals surface area contributed by atoms with Gasteiger partial charge in [-0.25, -0.2) is 0 Å². The molecule has 0 saturated heterocycles. The lowest BCUT2D eigenvalue weighted by Gasteiger charge is -2.10. The molecule has 0 saturated carbocycles. The molecule has 0 aliphatic heterocycles. The largest absolute Gasteiger partial charge is 0.348 e. The zero-order valence-corrected chi connectivity index (χ0v) is 9.32. The van der Waals surface area contributed by atoms with Gasteiger partial charge in [-0.15, -0.1) is 0 Å². The first kappa shape index (κ1) is 12.6. The molecule has 0 radical (unpaired) electrons. The van der Waals surface area contributed by atoms with E-state index in [1.165, 1.54) is 0 Å². The Kier molecular flexibility index (Phi) is 6.80. The summed E-state index contributed by atoms with van der Waals surface area (Å²) in [6.07, 6.45) is 2.54. The molecule has 0 aromatic rings. The van der Waals surface area contributed by atoms with Crippen LogP contribution in [0.15, 0.2) is 0 Å². The number of hydrogen-bond donors (Lipinski definition) is 1. The predicted octanol–water partition coefficient (Wildman–Crippen LogP) is -0.567. The summed E-state index contributed by atoms with van der Waals surface area (Å²) in [6, 6.07) is 0. The third-order valence-corrected chi connectivity index (χ3v) is 2.42. The van der Waals surface area contributed by atoms with Gasteiger partial charge >= 0.3 is 0 Å². The molecule has 0 aliphatic carbocycles. The van der Waals surface area contributed by atoms with E-state index >= 15 is 0 Å². The van der Waals surface area contributed by atoms with Gasteiger partial charge < -0.3 is 10.2 Å². The molecule has 13 heavy (non-hydrogen) atoms. The van der Waals surface area contributed by atoms with E-state index in [0.29, 0.717) is 12.3 Å². The predicted molar refractivity (Wildman–Crippen MR) is 55.1 cm³/mol. The fraction of sp³-hybridized carbons (Fsp3) is 0.875. The summed E-state index contributed by atoms with van der Waals surface area (Å²) in [4.78, 5) is 12.6. The minimum absolute atomic E-state index is 0.0672. The van der Waals surface area contributed by atoms with Crippen LogP contribution in [0.4, 0.5) is 0 Å². The Hall–Kier alpha value is -0.420. The second-order valence-electron chi connectivity index (χ2n) is 3.10. The summed E-state index contributed by atoms with van der Waals surface area (Å²) >= 11 is 0. The molecule has 1 N–H and O–H groups in total. The summed E-state index contributed by atoms with van der Waals surface area (Å²) in [5.41, 5.74) is 0. The van der Waals surface area contributed by atoms with Crippen molar-refractivity contribution >= 4 is 16.7 Å². The summed E-state index contributed by atoms with van der Waals surface area (Å²) in [7, 11) is 2.73. The number of nitrogens with one attached hydrogen (secondary N) is 1. The molecule has 0 rings (SSSR count). The van der Waals surface area contributed by atoms with Crippen molar-refractivity contribution in [3.8, 4) is 0 Å². The molecule has 1 unspecified atom stereocenters. The van der Waals surface area contributed by atoms with Crippen molar-refractivity contribution in [3.05, 3.63) is 0 Å². The molecule has 0 aromatic heterocycles. The Balaban J connectivity index is 3.26. The van der Waals surface area contributed by atoms with Crippen LogP contribution < -0.4 is 5.32 Å². The van der Waals surface area contributed by atoms with Gasteiger partial charge in [0.15, 0.2) is 0 Å². The van der Waals surface area contributed by atoms with E-state index < -0.39 is 10.8 Å². The average Bonchev–Trinajstić information content (AvgIpc) is 2.02. The summed E-state index contributed by atoms with van der Waals surface area (Å²) in [6.45, 7) is 1.11. The van der Waals surface area contributed by atoms with Crippen molar-refractivity contribution in [2.45, 2.75) is 6.42 Å². The maximum absolute atomic E-state index is 11.0. The molecule has 0 aliphatic rings. The highest BCUT2D eigenvalue weighted by Crippen LogP contribution is 1.82. The molecule has 1 amide bonds. The number of rotatable bonds is 6. The van der Waals surface area contributed by atoms with Gasteiger partial charge in [-0.1, -0.05) is 0 Å². The maximum atomic E-state index is 11.0. The smallest absolute Gasteiger partial charge is 0.236 e. The average molecular weight is 206 g/mol. The van der Waals surface area contributed by atoms with Crippen LogP contribution in [0, 0.1) is 0 Å². The standard InChI is InChI=1S/C8H18N2O2S/c1-10(2)8(11)7-9-5-4-6-13(3)12/h9H,4-7H2,1-3H3. The van der Waals surface area contributed by atoms with Crippen LogP contribution >= 0.6 is 0 Å². The van der Waals surface area contributed by atoms with Crippen LogP contribution in [0.1, 0.15) is 6.42 Å². The Bertz CT molecular complexity index is 183. The molecule has 0 spiro atoms. The van der Waals surface area contributed by atoms with Crippen LogP contribution in [-0.2, 0) is 15.6 Å². The van der Waals surface area contributed by atoms with E-state index in [1.54, 1.807) is 25.3 Å². The van der Waals surface area contributed by atoms with Crippen molar-refractivity contribution in [1.82, 2.24) is 10.2 Å². The van der Waals surface area contributed by atoms with Crippen LogP contribution in [-0.4, -0.2) is 54.2 Å². The van der Waals surface area contributed by atoms with E-state index in [0.717, 1.165) is 13.0 Å². The monoisotopic (exact) mass is 206 g/mol. The van der Waals surface area contributed by atoms with Crippen molar-refractivity contribution in [2.24, 2.45) is 0 Å². The Morgan fingerprint density at radius 1 is 1.46 bits per heavy atom. The number of carbonyl (C=O) groups excluding carboxylic acids is 1. The number of carbonyl (C=O) groups is 1. The molecule has 5 heteroatoms. The Morgan fingerprint density at radius 3 is 2.54 bits per heavy atom. The lowest BCUT2D eigenvalue weighted by molar-refractivity contribution is -0.127. The van der Waals surface area contributed by atoms with Crippen molar-refractivity contribution in [3.63, 3.8) is 0 Å². The van der Waals surface area contributed by atoms with E-state index in [2.05, 4.69) is 5.32 Å². The summed E-state index contributed by atoms with van der Waals surface area (Å²) < 4.78 is 10.7. The quantitative estimate of drug-likeness (QED) is 0.592. The Morgan fingerprint density at radius 2 is 2.08 bits per heavy atom. The maximum Gasteiger partial charge on any atom is 0.236 e. The van der Waals surface area contributed by atoms with Crippen LogP contribution in [0.5, 0.6) is 0 Å². The van der Waals surface area contributed by atoms with E-state index in [9.17, 15) is 9.00 Å². The lowest BCUT2D eigenvalue weighted by atomic mass is 10.4.